The number of H-pyrrole nitrogens is 1. The van der Waals surface area contributed by atoms with Crippen molar-refractivity contribution in [1.29, 1.82) is 0 Å². The molecule has 3 aromatic rings. The second-order valence-corrected chi connectivity index (χ2v) is 4.04. The molecule has 0 aliphatic carbocycles. The molecule has 116 valence electrons. The number of hydrogen-bond acceptors (Lipinski definition) is 7. The number of rotatable bonds is 5. The van der Waals surface area contributed by atoms with E-state index in [9.17, 15) is 13.6 Å². The van der Waals surface area contributed by atoms with Gasteiger partial charge < -0.3 is 4.74 Å². The molecule has 0 fully saturated rings. The molecule has 0 amide bonds. The zero-order chi connectivity index (χ0) is 16.6. The largest absolute Gasteiger partial charge is 0.470 e. The van der Waals surface area contributed by atoms with Gasteiger partial charge in [0.05, 0.1) is 0 Å². The van der Waals surface area contributed by atoms with Crippen molar-refractivity contribution in [3.8, 4) is 11.7 Å². The van der Waals surface area contributed by atoms with Crippen LogP contribution in [0.1, 0.15) is 12.2 Å². The summed E-state index contributed by atoms with van der Waals surface area (Å²) in [5.41, 5.74) is -0.870. The highest BCUT2D eigenvalue weighted by Crippen LogP contribution is 2.18. The number of hydrogen-bond donors (Lipinski definition) is 1. The lowest BCUT2D eigenvalue weighted by Crippen LogP contribution is -2.23. The number of ether oxygens (including phenoxy) is 1. The molecular weight excluding hydrogens is 304 g/mol. The minimum Gasteiger partial charge on any atom is -0.470 e. The zero-order valence-corrected chi connectivity index (χ0v) is 11.0. The van der Waals surface area contributed by atoms with E-state index < -0.39 is 18.8 Å². The van der Waals surface area contributed by atoms with Crippen molar-refractivity contribution in [1.82, 2.24) is 45.0 Å². The van der Waals surface area contributed by atoms with Crippen molar-refractivity contribution in [3.05, 3.63) is 28.4 Å². The highest BCUT2D eigenvalue weighted by atomic mass is 19.3. The van der Waals surface area contributed by atoms with E-state index in [0.717, 1.165) is 14.5 Å². The predicted octanol–water partition coefficient (Wildman–Crippen LogP) is -0.745. The van der Waals surface area contributed by atoms with Gasteiger partial charge in [0.1, 0.15) is 12.3 Å². The van der Waals surface area contributed by atoms with E-state index >= 15 is 0 Å². The Balaban J connectivity index is 1.97. The number of nitrogens with one attached hydrogen (secondary N) is 1. The third kappa shape index (κ3) is 2.32. The Hall–Kier alpha value is -3.12. The van der Waals surface area contributed by atoms with Gasteiger partial charge in [0.25, 0.3) is 0 Å². The van der Waals surface area contributed by atoms with E-state index in [1.54, 1.807) is 0 Å². The number of alkyl halides is 2. The van der Waals surface area contributed by atoms with Crippen molar-refractivity contribution >= 4 is 0 Å². The van der Waals surface area contributed by atoms with Gasteiger partial charge in [-0.25, -0.2) is 4.79 Å². The first-order valence-corrected chi connectivity index (χ1v) is 5.86. The van der Waals surface area contributed by atoms with Gasteiger partial charge in [0.15, 0.2) is 1.41 Å². The summed E-state index contributed by atoms with van der Waals surface area (Å²) in [5.74, 6) is -0.187. The maximum Gasteiger partial charge on any atom is 0.369 e. The Kier molecular flexibility index (Phi) is 3.06. The Morgan fingerprint density at radius 1 is 1.45 bits per heavy atom. The summed E-state index contributed by atoms with van der Waals surface area (Å²) < 4.78 is 40.4. The van der Waals surface area contributed by atoms with Gasteiger partial charge >= 0.3 is 12.2 Å². The Bertz CT molecular complexity index is 882. The van der Waals surface area contributed by atoms with Crippen molar-refractivity contribution < 1.29 is 14.9 Å². The van der Waals surface area contributed by atoms with Crippen LogP contribution in [0.5, 0.6) is 5.88 Å². The van der Waals surface area contributed by atoms with E-state index in [1.807, 2.05) is 0 Å². The SMILES string of the molecule is [3H]n1ccc(OCc2c(-n3nnn(C)c3=O)nnn2C(F)F)n1. The highest BCUT2D eigenvalue weighted by Gasteiger charge is 2.23. The second kappa shape index (κ2) is 5.34. The Morgan fingerprint density at radius 2 is 2.27 bits per heavy atom. The van der Waals surface area contributed by atoms with Crippen LogP contribution >= 0.6 is 0 Å². The summed E-state index contributed by atoms with van der Waals surface area (Å²) in [4.78, 5) is 11.8. The Morgan fingerprint density at radius 3 is 2.86 bits per heavy atom. The Labute approximate surface area is 121 Å². The van der Waals surface area contributed by atoms with Gasteiger partial charge in [0, 0.05) is 19.3 Å². The quantitative estimate of drug-likeness (QED) is 0.657. The van der Waals surface area contributed by atoms with Crippen molar-refractivity contribution in [2.75, 3.05) is 0 Å². The molecule has 0 bridgehead atoms. The first-order chi connectivity index (χ1) is 11.0. The summed E-state index contributed by atoms with van der Waals surface area (Å²) in [7, 11) is 1.35. The van der Waals surface area contributed by atoms with Gasteiger partial charge in [-0.2, -0.15) is 18.1 Å². The molecule has 0 atom stereocenters. The first-order valence-electron chi connectivity index (χ1n) is 6.31. The van der Waals surface area contributed by atoms with Gasteiger partial charge in [-0.3, -0.25) is 5.09 Å². The molecule has 0 aromatic carbocycles. The van der Waals surface area contributed by atoms with Crippen LogP contribution in [0.15, 0.2) is 17.1 Å². The highest BCUT2D eigenvalue weighted by molar-refractivity contribution is 5.25. The van der Waals surface area contributed by atoms with Crippen LogP contribution in [0.4, 0.5) is 8.78 Å². The minimum atomic E-state index is -2.99. The molecule has 22 heavy (non-hydrogen) atoms. The third-order valence-electron chi connectivity index (χ3n) is 2.67. The van der Waals surface area contributed by atoms with Crippen LogP contribution in [0.3, 0.4) is 0 Å². The molecular formula is C9H9F2N9O2. The maximum absolute atomic E-state index is 13.0. The topological polar surface area (TPSA) is 121 Å². The molecule has 0 aliphatic heterocycles. The number of aryl methyl sites for hydroxylation is 1. The summed E-state index contributed by atoms with van der Waals surface area (Å²) in [6, 6.07) is 1.37. The lowest BCUT2D eigenvalue weighted by molar-refractivity contribution is 0.0480. The predicted molar refractivity (Wildman–Crippen MR) is 64.4 cm³/mol. The third-order valence-corrected chi connectivity index (χ3v) is 2.67. The molecule has 0 saturated heterocycles. The minimum absolute atomic E-state index is 0.0412. The number of halogens is 2. The van der Waals surface area contributed by atoms with Crippen LogP contribution in [0.2, 0.25) is 1.41 Å². The van der Waals surface area contributed by atoms with E-state index in [2.05, 4.69) is 25.8 Å². The lowest BCUT2D eigenvalue weighted by atomic mass is 10.4. The molecule has 11 nitrogen and oxygen atoms in total. The van der Waals surface area contributed by atoms with Gasteiger partial charge in [-0.05, 0) is 10.4 Å². The van der Waals surface area contributed by atoms with Crippen LogP contribution in [-0.2, 0) is 13.7 Å². The van der Waals surface area contributed by atoms with Crippen molar-refractivity contribution in [3.63, 3.8) is 0 Å². The van der Waals surface area contributed by atoms with Crippen molar-refractivity contribution in [2.45, 2.75) is 13.2 Å². The number of aromatic amines is 1. The summed E-state index contributed by atoms with van der Waals surface area (Å²) in [6.45, 7) is -3.40. The van der Waals surface area contributed by atoms with Crippen LogP contribution in [0, 0.1) is 0 Å². The van der Waals surface area contributed by atoms with E-state index in [0.29, 0.717) is 4.68 Å². The van der Waals surface area contributed by atoms with Crippen molar-refractivity contribution in [2.24, 2.45) is 7.05 Å². The van der Waals surface area contributed by atoms with Gasteiger partial charge in [0.2, 0.25) is 11.7 Å². The summed E-state index contributed by atoms with van der Waals surface area (Å²) >= 11 is 0. The fourth-order valence-corrected chi connectivity index (χ4v) is 1.64. The van der Waals surface area contributed by atoms with Gasteiger partial charge in [-0.1, -0.05) is 5.21 Å². The molecule has 13 heteroatoms. The van der Waals surface area contributed by atoms with Crippen LogP contribution < -0.4 is 10.4 Å². The average molecular weight is 315 g/mol. The fraction of sp³-hybridized carbons (Fsp3) is 0.333. The number of nitrogens with zero attached hydrogens (tertiary/aromatic N) is 8. The van der Waals surface area contributed by atoms with Gasteiger partial charge in [-0.15, -0.1) is 14.9 Å². The van der Waals surface area contributed by atoms with E-state index in [4.69, 9.17) is 6.15 Å². The average Bonchev–Trinajstić information content (AvgIpc) is 3.18. The first kappa shape index (κ1) is 12.6. The second-order valence-electron chi connectivity index (χ2n) is 4.04. The molecule has 1 N–H and O–H groups in total. The molecule has 0 radical (unpaired) electrons. The van der Waals surface area contributed by atoms with Crippen LogP contribution in [0.25, 0.3) is 5.82 Å². The van der Waals surface area contributed by atoms with E-state index in [-0.39, 0.29) is 17.4 Å². The monoisotopic (exact) mass is 315 g/mol. The lowest BCUT2D eigenvalue weighted by Gasteiger charge is -2.06. The maximum atomic E-state index is 13.0. The molecule has 3 heterocycles. The summed E-state index contributed by atoms with van der Waals surface area (Å²) in [5, 5.41) is 18.2. The fourth-order valence-electron chi connectivity index (χ4n) is 1.64. The van der Waals surface area contributed by atoms with Crippen LogP contribution in [-0.4, -0.2) is 45.0 Å². The molecule has 3 aromatic heterocycles. The number of aromatic nitrogens is 9. The normalized spacial score (nSPS) is 11.9. The van der Waals surface area contributed by atoms with E-state index in [1.165, 1.54) is 19.3 Å². The molecule has 0 aliphatic rings. The molecule has 0 saturated carbocycles. The molecule has 3 rings (SSSR count). The standard InChI is InChI=1S/C9H9F2N9O2/c1-18-9(21)20(17-16-18)7-5(19(8(10)11)15-14-7)4-22-6-2-3-12-13-6/h2-3,8H,4H2,1H3,(H,12,13)/i/hT. The molecule has 0 spiro atoms. The summed E-state index contributed by atoms with van der Waals surface area (Å²) in [6.07, 6.45) is 1.30. The smallest absolute Gasteiger partial charge is 0.369 e. The zero-order valence-electron chi connectivity index (χ0n) is 12.0. The molecule has 0 unspecified atom stereocenters. The number of tetrazole rings is 1.